The van der Waals surface area contributed by atoms with Crippen LogP contribution in [0.3, 0.4) is 0 Å². The number of carbonyl (C=O) groups excluding carboxylic acids is 1. The lowest BCUT2D eigenvalue weighted by Gasteiger charge is -2.24. The maximum Gasteiger partial charge on any atom is 0.252 e. The van der Waals surface area contributed by atoms with E-state index in [9.17, 15) is 4.79 Å². The van der Waals surface area contributed by atoms with Crippen molar-refractivity contribution in [3.8, 4) is 0 Å². The second kappa shape index (κ2) is 6.96. The topological polar surface area (TPSA) is 69.0 Å². The van der Waals surface area contributed by atoms with Crippen molar-refractivity contribution in [2.45, 2.75) is 57.2 Å². The van der Waals surface area contributed by atoms with Crippen molar-refractivity contribution in [3.05, 3.63) is 47.0 Å². The van der Waals surface area contributed by atoms with Crippen molar-refractivity contribution in [3.63, 3.8) is 0 Å². The Hall–Kier alpha value is -2.21. The zero-order chi connectivity index (χ0) is 17.2. The van der Waals surface area contributed by atoms with Crippen LogP contribution in [0.15, 0.2) is 24.3 Å². The van der Waals surface area contributed by atoms with Crippen molar-refractivity contribution in [2.75, 3.05) is 7.11 Å². The van der Waals surface area contributed by atoms with E-state index in [4.69, 9.17) is 14.8 Å². The van der Waals surface area contributed by atoms with Crippen molar-refractivity contribution in [1.29, 1.82) is 0 Å². The molecule has 1 saturated carbocycles. The number of nitrogens with zero attached hydrogens (tertiary/aromatic N) is 3. The second-order valence-corrected chi connectivity index (χ2v) is 6.93. The molecule has 0 unspecified atom stereocenters. The largest absolute Gasteiger partial charge is 0.377 e. The Morgan fingerprint density at radius 2 is 2.04 bits per heavy atom. The minimum Gasteiger partial charge on any atom is -0.377 e. The molecule has 0 radical (unpaired) electrons. The second-order valence-electron chi connectivity index (χ2n) is 6.93. The van der Waals surface area contributed by atoms with Gasteiger partial charge in [-0.3, -0.25) is 4.79 Å². The number of aromatic nitrogens is 3. The van der Waals surface area contributed by atoms with E-state index in [-0.39, 0.29) is 11.9 Å². The molecule has 0 spiro atoms. The molecule has 1 aromatic heterocycles. The van der Waals surface area contributed by atoms with E-state index in [1.165, 1.54) is 19.3 Å². The molecule has 1 aliphatic heterocycles. The quantitative estimate of drug-likeness (QED) is 0.908. The number of ether oxygens (including phenoxy) is 1. The van der Waals surface area contributed by atoms with Crippen molar-refractivity contribution in [1.82, 2.24) is 20.1 Å². The molecule has 2 aliphatic rings. The average Bonchev–Trinajstić information content (AvgIpc) is 3.18. The lowest BCUT2D eigenvalue weighted by Crippen LogP contribution is -2.24. The zero-order valence-electron chi connectivity index (χ0n) is 14.6. The minimum atomic E-state index is -0.0364. The number of amides is 1. The molecule has 132 valence electrons. The van der Waals surface area contributed by atoms with E-state index in [2.05, 4.69) is 10.00 Å². The van der Waals surface area contributed by atoms with Crippen LogP contribution in [0.2, 0.25) is 0 Å². The van der Waals surface area contributed by atoms with Gasteiger partial charge in [0.1, 0.15) is 12.4 Å². The number of hydrogen-bond donors (Lipinski definition) is 1. The number of methoxy groups -OCH3 is 1. The van der Waals surface area contributed by atoms with Crippen LogP contribution in [-0.2, 0) is 17.8 Å². The first-order chi connectivity index (χ1) is 12.3. The van der Waals surface area contributed by atoms with Gasteiger partial charge in [0.05, 0.1) is 12.1 Å². The summed E-state index contributed by atoms with van der Waals surface area (Å²) in [5.74, 6) is 1.67. The molecule has 1 N–H and O–H groups in total. The van der Waals surface area contributed by atoms with E-state index in [1.807, 2.05) is 24.3 Å². The summed E-state index contributed by atoms with van der Waals surface area (Å²) in [5, 5.41) is 7.80. The normalized spacial score (nSPS) is 20.5. The predicted octanol–water partition coefficient (Wildman–Crippen LogP) is 2.96. The summed E-state index contributed by atoms with van der Waals surface area (Å²) in [7, 11) is 1.66. The minimum absolute atomic E-state index is 0.00134. The molecule has 6 nitrogen and oxygen atoms in total. The molecule has 1 atom stereocenters. The van der Waals surface area contributed by atoms with E-state index in [0.29, 0.717) is 19.1 Å². The zero-order valence-corrected chi connectivity index (χ0v) is 14.6. The summed E-state index contributed by atoms with van der Waals surface area (Å²) in [5.41, 5.74) is 1.83. The number of benzene rings is 1. The van der Waals surface area contributed by atoms with Crippen LogP contribution in [0.4, 0.5) is 0 Å². The smallest absolute Gasteiger partial charge is 0.252 e. The third-order valence-electron chi connectivity index (χ3n) is 5.21. The number of fused-ring (bicyclic) bond motifs is 1. The van der Waals surface area contributed by atoms with Crippen LogP contribution in [-0.4, -0.2) is 27.8 Å². The van der Waals surface area contributed by atoms with Crippen LogP contribution in [0.25, 0.3) is 0 Å². The van der Waals surface area contributed by atoms with Crippen LogP contribution < -0.4 is 5.32 Å². The number of hydrogen-bond acceptors (Lipinski definition) is 4. The Labute approximate surface area is 147 Å². The number of rotatable bonds is 5. The van der Waals surface area contributed by atoms with Gasteiger partial charge in [0, 0.05) is 19.1 Å². The Bertz CT molecular complexity index is 765. The number of carbonyl (C=O) groups is 1. The first kappa shape index (κ1) is 16.3. The maximum atomic E-state index is 12.2. The molecule has 2 heterocycles. The Kier molecular flexibility index (Phi) is 4.53. The molecule has 0 saturated heterocycles. The third kappa shape index (κ3) is 3.18. The van der Waals surface area contributed by atoms with Gasteiger partial charge in [0.15, 0.2) is 5.82 Å². The molecular formula is C19H24N4O2. The van der Waals surface area contributed by atoms with Gasteiger partial charge in [0.2, 0.25) is 0 Å². The van der Waals surface area contributed by atoms with Gasteiger partial charge in [-0.15, -0.1) is 0 Å². The average molecular weight is 340 g/mol. The lowest BCUT2D eigenvalue weighted by molar-refractivity contribution is 0.0955. The highest BCUT2D eigenvalue weighted by atomic mass is 16.5. The van der Waals surface area contributed by atoms with Crippen LogP contribution >= 0.6 is 0 Å². The molecule has 1 aliphatic carbocycles. The standard InChI is InChI=1S/C19H24N4O2/c1-25-12-17-21-18(23(22-17)13-7-3-2-4-8-13)11-16-14-9-5-6-10-15(14)19(24)20-16/h5-6,9-10,13,16H,2-4,7-8,11-12H2,1H3,(H,20,24)/t16-/m1/s1. The molecule has 25 heavy (non-hydrogen) atoms. The van der Waals surface area contributed by atoms with Crippen molar-refractivity contribution >= 4 is 5.91 Å². The summed E-state index contributed by atoms with van der Waals surface area (Å²) in [4.78, 5) is 16.9. The fraction of sp³-hybridized carbons (Fsp3) is 0.526. The highest BCUT2D eigenvalue weighted by molar-refractivity contribution is 5.99. The van der Waals surface area contributed by atoms with E-state index in [1.54, 1.807) is 7.11 Å². The SMILES string of the molecule is COCc1nc(C[C@H]2NC(=O)c3ccccc32)n(C2CCCCC2)n1. The monoisotopic (exact) mass is 340 g/mol. The van der Waals surface area contributed by atoms with Crippen LogP contribution in [0.1, 0.15) is 71.8 Å². The first-order valence-electron chi connectivity index (χ1n) is 9.09. The Morgan fingerprint density at radius 3 is 2.84 bits per heavy atom. The predicted molar refractivity (Wildman–Crippen MR) is 93.2 cm³/mol. The van der Waals surface area contributed by atoms with Gasteiger partial charge in [-0.25, -0.2) is 9.67 Å². The van der Waals surface area contributed by atoms with Gasteiger partial charge >= 0.3 is 0 Å². The summed E-state index contributed by atoms with van der Waals surface area (Å²) in [6, 6.07) is 8.17. The Balaban J connectivity index is 1.62. The lowest BCUT2D eigenvalue weighted by atomic mass is 9.95. The number of nitrogens with one attached hydrogen (secondary N) is 1. The van der Waals surface area contributed by atoms with Gasteiger partial charge in [0.25, 0.3) is 5.91 Å². The highest BCUT2D eigenvalue weighted by Gasteiger charge is 2.30. The van der Waals surface area contributed by atoms with Gasteiger partial charge < -0.3 is 10.1 Å². The third-order valence-corrected chi connectivity index (χ3v) is 5.21. The summed E-state index contributed by atoms with van der Waals surface area (Å²) >= 11 is 0. The summed E-state index contributed by atoms with van der Waals surface area (Å²) in [6.07, 6.45) is 6.75. The molecule has 1 fully saturated rings. The fourth-order valence-corrected chi connectivity index (χ4v) is 4.02. The summed E-state index contributed by atoms with van der Waals surface area (Å²) < 4.78 is 7.32. The van der Waals surface area contributed by atoms with E-state index < -0.39 is 0 Å². The maximum absolute atomic E-state index is 12.2. The Morgan fingerprint density at radius 1 is 1.24 bits per heavy atom. The van der Waals surface area contributed by atoms with Gasteiger partial charge in [-0.1, -0.05) is 37.5 Å². The molecule has 4 rings (SSSR count). The van der Waals surface area contributed by atoms with Crippen LogP contribution in [0, 0.1) is 0 Å². The highest BCUT2D eigenvalue weighted by Crippen LogP contribution is 2.31. The van der Waals surface area contributed by atoms with Gasteiger partial charge in [-0.05, 0) is 24.5 Å². The molecule has 2 aromatic rings. The van der Waals surface area contributed by atoms with Gasteiger partial charge in [-0.2, -0.15) is 5.10 Å². The molecule has 0 bridgehead atoms. The van der Waals surface area contributed by atoms with Crippen LogP contribution in [0.5, 0.6) is 0 Å². The molecule has 6 heteroatoms. The summed E-state index contributed by atoms with van der Waals surface area (Å²) in [6.45, 7) is 0.417. The molecular weight excluding hydrogens is 316 g/mol. The first-order valence-corrected chi connectivity index (χ1v) is 9.09. The molecule has 1 amide bonds. The van der Waals surface area contributed by atoms with Crippen molar-refractivity contribution in [2.24, 2.45) is 0 Å². The van der Waals surface area contributed by atoms with E-state index in [0.717, 1.165) is 35.6 Å². The fourth-order valence-electron chi connectivity index (χ4n) is 4.02. The van der Waals surface area contributed by atoms with Crippen molar-refractivity contribution < 1.29 is 9.53 Å². The van der Waals surface area contributed by atoms with E-state index >= 15 is 0 Å². The molecule has 1 aromatic carbocycles.